The summed E-state index contributed by atoms with van der Waals surface area (Å²) >= 11 is 0. The normalized spacial score (nSPS) is 18.3. The lowest BCUT2D eigenvalue weighted by atomic mass is 9.94. The van der Waals surface area contributed by atoms with Crippen LogP contribution in [0.4, 0.5) is 0 Å². The van der Waals surface area contributed by atoms with Crippen molar-refractivity contribution in [1.29, 1.82) is 0 Å². The number of nitrogens with zero attached hydrogens (tertiary/aromatic N) is 1. The van der Waals surface area contributed by atoms with Crippen molar-refractivity contribution < 1.29 is 29.3 Å². The highest BCUT2D eigenvalue weighted by Crippen LogP contribution is 2.41. The van der Waals surface area contributed by atoms with Crippen LogP contribution in [0.2, 0.25) is 0 Å². The molecule has 0 bridgehead atoms. The van der Waals surface area contributed by atoms with Gasteiger partial charge < -0.3 is 24.6 Å². The molecule has 3 rings (SSSR count). The van der Waals surface area contributed by atoms with Crippen molar-refractivity contribution in [2.45, 2.75) is 13.0 Å². The first-order valence-electron chi connectivity index (χ1n) is 9.10. The van der Waals surface area contributed by atoms with E-state index in [-0.39, 0.29) is 30.2 Å². The molecule has 1 saturated heterocycles. The number of aromatic hydroxyl groups is 1. The highest BCUT2D eigenvalue weighted by atomic mass is 16.5. The minimum absolute atomic E-state index is 0.00651. The number of carbonyl (C=O) groups excluding carboxylic acids is 2. The molecule has 1 atom stereocenters. The van der Waals surface area contributed by atoms with Crippen LogP contribution in [-0.2, 0) is 14.3 Å². The molecule has 0 aromatic heterocycles. The molecule has 152 valence electrons. The number of hydrogen-bond acceptors (Lipinski definition) is 6. The molecule has 0 saturated carbocycles. The van der Waals surface area contributed by atoms with Crippen LogP contribution in [0.5, 0.6) is 11.5 Å². The summed E-state index contributed by atoms with van der Waals surface area (Å²) < 4.78 is 10.4. The summed E-state index contributed by atoms with van der Waals surface area (Å²) in [5.74, 6) is -1.48. The van der Waals surface area contributed by atoms with Crippen LogP contribution in [0.1, 0.15) is 22.7 Å². The number of aryl methyl sites for hydroxylation is 1. The number of aliphatic hydroxyl groups excluding tert-OH is 1. The van der Waals surface area contributed by atoms with E-state index >= 15 is 0 Å². The number of aliphatic hydroxyl groups is 1. The van der Waals surface area contributed by atoms with Crippen LogP contribution in [0.15, 0.2) is 48.0 Å². The second kappa shape index (κ2) is 8.36. The average molecular weight is 397 g/mol. The predicted octanol–water partition coefficient (Wildman–Crippen LogP) is 2.78. The molecular weight excluding hydrogens is 374 g/mol. The standard InChI is InChI=1S/C22H23NO6/c1-13-7-8-17(29-3)16(11-13)20(25)18-19(14-5-4-6-15(24)12-14)23(9-10-28-2)22(27)21(18)26/h4-8,11-12,19,24-25H,9-10H2,1-3H3/b20-18+. The molecule has 2 aromatic carbocycles. The number of phenolic OH excluding ortho intramolecular Hbond substituents is 1. The quantitative estimate of drug-likeness (QED) is 0.442. The molecule has 1 amide bonds. The maximum Gasteiger partial charge on any atom is 0.295 e. The van der Waals surface area contributed by atoms with E-state index in [1.54, 1.807) is 24.3 Å². The van der Waals surface area contributed by atoms with Gasteiger partial charge in [-0.15, -0.1) is 0 Å². The number of benzene rings is 2. The highest BCUT2D eigenvalue weighted by molar-refractivity contribution is 6.46. The van der Waals surface area contributed by atoms with E-state index in [1.807, 2.05) is 13.0 Å². The number of likely N-dealkylation sites (tertiary alicyclic amines) is 1. The SMILES string of the molecule is COCCN1C(=O)C(=O)/C(=C(/O)c2cc(C)ccc2OC)C1c1cccc(O)c1. The molecule has 1 fully saturated rings. The highest BCUT2D eigenvalue weighted by Gasteiger charge is 2.46. The lowest BCUT2D eigenvalue weighted by molar-refractivity contribution is -0.140. The fourth-order valence-corrected chi connectivity index (χ4v) is 3.49. The number of amides is 1. The molecule has 7 nitrogen and oxygen atoms in total. The maximum atomic E-state index is 12.9. The Morgan fingerprint density at radius 1 is 1.14 bits per heavy atom. The Balaban J connectivity index is 2.23. The number of Topliss-reactive ketones (excluding diaryl/α,β-unsaturated/α-hetero) is 1. The molecule has 1 aliphatic rings. The first kappa shape index (κ1) is 20.4. The third-order valence-electron chi connectivity index (χ3n) is 4.87. The third-order valence-corrected chi connectivity index (χ3v) is 4.87. The fourth-order valence-electron chi connectivity index (χ4n) is 3.49. The van der Waals surface area contributed by atoms with E-state index in [2.05, 4.69) is 0 Å². The molecule has 2 aromatic rings. The lowest BCUT2D eigenvalue weighted by Gasteiger charge is -2.25. The van der Waals surface area contributed by atoms with E-state index in [0.717, 1.165) is 5.56 Å². The molecule has 1 heterocycles. The van der Waals surface area contributed by atoms with Gasteiger partial charge in [-0.1, -0.05) is 23.8 Å². The Labute approximate surface area is 168 Å². The second-order valence-corrected chi connectivity index (χ2v) is 6.78. The van der Waals surface area contributed by atoms with Gasteiger partial charge in [-0.25, -0.2) is 0 Å². The lowest BCUT2D eigenvalue weighted by Crippen LogP contribution is -2.32. The van der Waals surface area contributed by atoms with Crippen molar-refractivity contribution in [2.75, 3.05) is 27.4 Å². The summed E-state index contributed by atoms with van der Waals surface area (Å²) in [5, 5.41) is 21.0. The molecule has 1 unspecified atom stereocenters. The van der Waals surface area contributed by atoms with Gasteiger partial charge in [0, 0.05) is 13.7 Å². The molecular formula is C22H23NO6. The van der Waals surface area contributed by atoms with Gasteiger partial charge in [0.1, 0.15) is 17.3 Å². The van der Waals surface area contributed by atoms with Crippen LogP contribution in [0.25, 0.3) is 5.76 Å². The Morgan fingerprint density at radius 3 is 2.55 bits per heavy atom. The van der Waals surface area contributed by atoms with Crippen molar-refractivity contribution >= 4 is 17.4 Å². The van der Waals surface area contributed by atoms with Crippen LogP contribution in [-0.4, -0.2) is 54.2 Å². The van der Waals surface area contributed by atoms with Gasteiger partial charge in [-0.2, -0.15) is 0 Å². The van der Waals surface area contributed by atoms with Crippen LogP contribution < -0.4 is 4.74 Å². The van der Waals surface area contributed by atoms with Gasteiger partial charge in [0.15, 0.2) is 0 Å². The van der Waals surface area contributed by atoms with Gasteiger partial charge in [0.2, 0.25) is 0 Å². The Kier molecular flexibility index (Phi) is 5.89. The third kappa shape index (κ3) is 3.82. The van der Waals surface area contributed by atoms with Gasteiger partial charge in [0.25, 0.3) is 11.7 Å². The number of hydrogen-bond donors (Lipinski definition) is 2. The van der Waals surface area contributed by atoms with E-state index in [4.69, 9.17) is 9.47 Å². The molecule has 0 spiro atoms. The summed E-state index contributed by atoms with van der Waals surface area (Å²) in [4.78, 5) is 27.0. The zero-order valence-corrected chi connectivity index (χ0v) is 16.5. The van der Waals surface area contributed by atoms with Crippen molar-refractivity contribution in [1.82, 2.24) is 4.90 Å². The summed E-state index contributed by atoms with van der Waals surface area (Å²) in [6, 6.07) is 10.6. The first-order chi connectivity index (χ1) is 13.9. The summed E-state index contributed by atoms with van der Waals surface area (Å²) in [6.07, 6.45) is 0. The smallest absolute Gasteiger partial charge is 0.295 e. The number of phenols is 1. The van der Waals surface area contributed by atoms with Crippen LogP contribution in [0, 0.1) is 6.92 Å². The Bertz CT molecular complexity index is 981. The molecule has 0 aliphatic carbocycles. The number of carbonyl (C=O) groups is 2. The number of rotatable bonds is 6. The number of methoxy groups -OCH3 is 2. The Hall–Kier alpha value is -3.32. The van der Waals surface area contributed by atoms with Crippen molar-refractivity contribution in [3.05, 3.63) is 64.7 Å². The van der Waals surface area contributed by atoms with E-state index < -0.39 is 17.7 Å². The summed E-state index contributed by atoms with van der Waals surface area (Å²) in [5.41, 5.74) is 1.63. The minimum atomic E-state index is -0.859. The maximum absolute atomic E-state index is 12.9. The molecule has 7 heteroatoms. The van der Waals surface area contributed by atoms with Gasteiger partial charge in [0.05, 0.1) is 30.9 Å². The number of ketones is 1. The largest absolute Gasteiger partial charge is 0.508 e. The van der Waals surface area contributed by atoms with Crippen molar-refractivity contribution in [3.8, 4) is 11.5 Å². The van der Waals surface area contributed by atoms with E-state index in [9.17, 15) is 19.8 Å². The topological polar surface area (TPSA) is 96.3 Å². The zero-order chi connectivity index (χ0) is 21.1. The van der Waals surface area contributed by atoms with Crippen LogP contribution >= 0.6 is 0 Å². The first-order valence-corrected chi connectivity index (χ1v) is 9.10. The summed E-state index contributed by atoms with van der Waals surface area (Å²) in [7, 11) is 2.96. The van der Waals surface area contributed by atoms with Gasteiger partial charge in [-0.3, -0.25) is 9.59 Å². The predicted molar refractivity (Wildman–Crippen MR) is 107 cm³/mol. The second-order valence-electron chi connectivity index (χ2n) is 6.78. The van der Waals surface area contributed by atoms with Gasteiger partial charge >= 0.3 is 0 Å². The molecule has 0 radical (unpaired) electrons. The number of ether oxygens (including phenoxy) is 2. The monoisotopic (exact) mass is 397 g/mol. The van der Waals surface area contributed by atoms with Crippen molar-refractivity contribution in [2.24, 2.45) is 0 Å². The summed E-state index contributed by atoms with van der Waals surface area (Å²) in [6.45, 7) is 2.22. The van der Waals surface area contributed by atoms with Crippen LogP contribution in [0.3, 0.4) is 0 Å². The van der Waals surface area contributed by atoms with Gasteiger partial charge in [-0.05, 0) is 36.8 Å². The Morgan fingerprint density at radius 2 is 1.90 bits per heavy atom. The van der Waals surface area contributed by atoms with E-state index in [1.165, 1.54) is 31.3 Å². The minimum Gasteiger partial charge on any atom is -0.508 e. The molecule has 1 aliphatic heterocycles. The average Bonchev–Trinajstić information content (AvgIpc) is 2.96. The zero-order valence-electron chi connectivity index (χ0n) is 16.5. The van der Waals surface area contributed by atoms with E-state index in [0.29, 0.717) is 16.9 Å². The van der Waals surface area contributed by atoms with Crippen molar-refractivity contribution in [3.63, 3.8) is 0 Å². The molecule has 29 heavy (non-hydrogen) atoms. The fraction of sp³-hybridized carbons (Fsp3) is 0.273. The molecule has 2 N–H and O–H groups in total.